The normalized spacial score (nSPS) is 14.7. The Balaban J connectivity index is 3.01. The third-order valence-corrected chi connectivity index (χ3v) is 4.16. The second-order valence-electron chi connectivity index (χ2n) is 4.60. The van der Waals surface area contributed by atoms with Gasteiger partial charge in [-0.05, 0) is 37.9 Å². The minimum atomic E-state index is -0.429. The van der Waals surface area contributed by atoms with E-state index >= 15 is 0 Å². The second kappa shape index (κ2) is 7.82. The fourth-order valence-electron chi connectivity index (χ4n) is 2.25. The lowest BCUT2D eigenvalue weighted by molar-refractivity contribution is 0.184. The lowest BCUT2D eigenvalue weighted by Gasteiger charge is -2.34. The zero-order valence-corrected chi connectivity index (χ0v) is 12.5. The molecule has 2 nitrogen and oxygen atoms in total. The minimum Gasteiger partial charge on any atom is -0.329 e. The third-order valence-electron chi connectivity index (χ3n) is 3.44. The van der Waals surface area contributed by atoms with Crippen molar-refractivity contribution in [1.29, 1.82) is 0 Å². The van der Waals surface area contributed by atoms with E-state index in [1.807, 2.05) is 18.2 Å². The van der Waals surface area contributed by atoms with Gasteiger partial charge < -0.3 is 5.73 Å². The fourth-order valence-corrected chi connectivity index (χ4v) is 3.11. The molecule has 5 heteroatoms. The number of nitrogens with two attached hydrogens (primary N) is 1. The smallest absolute Gasteiger partial charge is 0.128 e. The molecule has 0 bridgehead atoms. The van der Waals surface area contributed by atoms with E-state index < -0.39 is 11.6 Å². The second-order valence-corrected chi connectivity index (χ2v) is 5.51. The molecule has 0 saturated carbocycles. The predicted octanol–water partition coefficient (Wildman–Crippen LogP) is 3.04. The highest BCUT2D eigenvalue weighted by molar-refractivity contribution is 7.98. The molecule has 1 aromatic carbocycles. The summed E-state index contributed by atoms with van der Waals surface area (Å²) in [6.07, 6.45) is 2.99. The standard InChI is InChI=1S/C14H22F2N2S/c1-4-11(9-19-3)18(2)14(8-17)12-7-10(15)5-6-13(12)16/h5-7,11,14H,4,8-9,17H2,1-3H3. The molecule has 1 aromatic rings. The van der Waals surface area contributed by atoms with E-state index in [1.165, 1.54) is 6.07 Å². The van der Waals surface area contributed by atoms with Crippen LogP contribution in [-0.2, 0) is 0 Å². The summed E-state index contributed by atoms with van der Waals surface area (Å²) < 4.78 is 27.2. The van der Waals surface area contributed by atoms with Crippen LogP contribution in [0.5, 0.6) is 0 Å². The summed E-state index contributed by atoms with van der Waals surface area (Å²) >= 11 is 1.74. The number of hydrogen-bond donors (Lipinski definition) is 1. The molecule has 0 fully saturated rings. The third kappa shape index (κ3) is 4.16. The molecule has 0 radical (unpaired) electrons. The molecule has 1 rings (SSSR count). The van der Waals surface area contributed by atoms with Crippen LogP contribution in [0.1, 0.15) is 24.9 Å². The Kier molecular flexibility index (Phi) is 6.75. The first kappa shape index (κ1) is 16.4. The first-order chi connectivity index (χ1) is 9.04. The molecule has 2 unspecified atom stereocenters. The van der Waals surface area contributed by atoms with Gasteiger partial charge in [-0.2, -0.15) is 11.8 Å². The summed E-state index contributed by atoms with van der Waals surface area (Å²) in [7, 11) is 1.92. The van der Waals surface area contributed by atoms with Gasteiger partial charge in [0.2, 0.25) is 0 Å². The van der Waals surface area contributed by atoms with Gasteiger partial charge in [0.15, 0.2) is 0 Å². The average Bonchev–Trinajstić information content (AvgIpc) is 2.40. The molecular weight excluding hydrogens is 266 g/mol. The first-order valence-electron chi connectivity index (χ1n) is 6.41. The molecule has 0 spiro atoms. The number of nitrogens with zero attached hydrogens (tertiary/aromatic N) is 1. The number of hydrogen-bond acceptors (Lipinski definition) is 3. The van der Waals surface area contributed by atoms with Crippen molar-refractivity contribution in [3.8, 4) is 0 Å². The lowest BCUT2D eigenvalue weighted by Crippen LogP contribution is -2.40. The van der Waals surface area contributed by atoms with Gasteiger partial charge in [0, 0.05) is 23.9 Å². The zero-order valence-electron chi connectivity index (χ0n) is 11.7. The summed E-state index contributed by atoms with van der Waals surface area (Å²) in [4.78, 5) is 2.05. The predicted molar refractivity (Wildman–Crippen MR) is 78.4 cm³/mol. The number of benzene rings is 1. The van der Waals surface area contributed by atoms with E-state index in [0.717, 1.165) is 24.3 Å². The molecule has 2 N–H and O–H groups in total. The fraction of sp³-hybridized carbons (Fsp3) is 0.571. The number of likely N-dealkylation sites (N-methyl/N-ethyl adjacent to an activating group) is 1. The van der Waals surface area contributed by atoms with Crippen LogP contribution >= 0.6 is 11.8 Å². The molecule has 0 heterocycles. The largest absolute Gasteiger partial charge is 0.329 e. The summed E-state index contributed by atoms with van der Waals surface area (Å²) in [6, 6.07) is 3.54. The van der Waals surface area contributed by atoms with Crippen LogP contribution in [0.4, 0.5) is 8.78 Å². The summed E-state index contributed by atoms with van der Waals surface area (Å²) in [6.45, 7) is 2.36. The molecule has 0 aliphatic rings. The first-order valence-corrected chi connectivity index (χ1v) is 7.80. The Hall–Kier alpha value is -0.650. The summed E-state index contributed by atoms with van der Waals surface area (Å²) in [5.74, 6) is 0.115. The van der Waals surface area contributed by atoms with Gasteiger partial charge in [0.05, 0.1) is 6.04 Å². The maximum absolute atomic E-state index is 13.9. The molecule has 0 aromatic heterocycles. The quantitative estimate of drug-likeness (QED) is 0.836. The Morgan fingerprint density at radius 2 is 2.05 bits per heavy atom. The molecule has 19 heavy (non-hydrogen) atoms. The van der Waals surface area contributed by atoms with Gasteiger partial charge >= 0.3 is 0 Å². The van der Waals surface area contributed by atoms with E-state index in [4.69, 9.17) is 5.73 Å². The highest BCUT2D eigenvalue weighted by Crippen LogP contribution is 2.25. The van der Waals surface area contributed by atoms with Crippen LogP contribution in [0.3, 0.4) is 0 Å². The van der Waals surface area contributed by atoms with E-state index in [-0.39, 0.29) is 12.6 Å². The van der Waals surface area contributed by atoms with E-state index in [9.17, 15) is 8.78 Å². The van der Waals surface area contributed by atoms with Crippen LogP contribution in [0.15, 0.2) is 18.2 Å². The highest BCUT2D eigenvalue weighted by Gasteiger charge is 2.24. The monoisotopic (exact) mass is 288 g/mol. The highest BCUT2D eigenvalue weighted by atomic mass is 32.2. The molecule has 2 atom stereocenters. The number of rotatable bonds is 7. The minimum absolute atomic E-state index is 0.266. The van der Waals surface area contributed by atoms with Crippen molar-refractivity contribution in [3.63, 3.8) is 0 Å². The molecule has 0 aliphatic heterocycles. The van der Waals surface area contributed by atoms with Crippen molar-refractivity contribution in [2.75, 3.05) is 25.6 Å². The number of thioether (sulfide) groups is 1. The molecular formula is C14H22F2N2S. The van der Waals surface area contributed by atoms with Crippen LogP contribution in [0.25, 0.3) is 0 Å². The van der Waals surface area contributed by atoms with Crippen molar-refractivity contribution < 1.29 is 8.78 Å². The Morgan fingerprint density at radius 3 is 2.58 bits per heavy atom. The molecule has 0 aliphatic carbocycles. The lowest BCUT2D eigenvalue weighted by atomic mass is 10.0. The van der Waals surface area contributed by atoms with Crippen molar-refractivity contribution in [2.24, 2.45) is 5.73 Å². The van der Waals surface area contributed by atoms with Crippen LogP contribution < -0.4 is 5.73 Å². The maximum Gasteiger partial charge on any atom is 0.128 e. The van der Waals surface area contributed by atoms with E-state index in [0.29, 0.717) is 11.6 Å². The van der Waals surface area contributed by atoms with Gasteiger partial charge in [-0.1, -0.05) is 6.92 Å². The van der Waals surface area contributed by atoms with Crippen LogP contribution in [0.2, 0.25) is 0 Å². The van der Waals surface area contributed by atoms with Gasteiger partial charge in [0.25, 0.3) is 0 Å². The van der Waals surface area contributed by atoms with E-state index in [2.05, 4.69) is 6.92 Å². The SMILES string of the molecule is CCC(CSC)N(C)C(CN)c1cc(F)ccc1F. The Labute approximate surface area is 118 Å². The van der Waals surface area contributed by atoms with Gasteiger partial charge in [-0.25, -0.2) is 8.78 Å². The van der Waals surface area contributed by atoms with Gasteiger partial charge in [0.1, 0.15) is 11.6 Å². The molecule has 108 valence electrons. The average molecular weight is 288 g/mol. The van der Waals surface area contributed by atoms with Gasteiger partial charge in [-0.3, -0.25) is 4.90 Å². The van der Waals surface area contributed by atoms with E-state index in [1.54, 1.807) is 11.8 Å². The molecule has 0 amide bonds. The topological polar surface area (TPSA) is 29.3 Å². The van der Waals surface area contributed by atoms with Crippen molar-refractivity contribution >= 4 is 11.8 Å². The van der Waals surface area contributed by atoms with Crippen molar-refractivity contribution in [2.45, 2.75) is 25.4 Å². The zero-order chi connectivity index (χ0) is 14.4. The summed E-state index contributed by atoms with van der Waals surface area (Å²) in [5, 5.41) is 0. The van der Waals surface area contributed by atoms with Crippen molar-refractivity contribution in [1.82, 2.24) is 4.90 Å². The Bertz CT molecular complexity index is 401. The van der Waals surface area contributed by atoms with Gasteiger partial charge in [-0.15, -0.1) is 0 Å². The number of halogens is 2. The maximum atomic E-state index is 13.9. The summed E-state index contributed by atoms with van der Waals surface area (Å²) in [5.41, 5.74) is 6.11. The Morgan fingerprint density at radius 1 is 1.37 bits per heavy atom. The van der Waals surface area contributed by atoms with Crippen LogP contribution in [0, 0.1) is 11.6 Å². The molecule has 0 saturated heterocycles. The van der Waals surface area contributed by atoms with Crippen molar-refractivity contribution in [3.05, 3.63) is 35.4 Å². The van der Waals surface area contributed by atoms with Crippen LogP contribution in [-0.4, -0.2) is 36.5 Å².